The van der Waals surface area contributed by atoms with Gasteiger partial charge in [0, 0.05) is 52.0 Å². The van der Waals surface area contributed by atoms with Gasteiger partial charge < -0.3 is 10.3 Å². The van der Waals surface area contributed by atoms with E-state index in [-0.39, 0.29) is 17.6 Å². The molecule has 1 aromatic carbocycles. The minimum atomic E-state index is -0.282. The van der Waals surface area contributed by atoms with Crippen molar-refractivity contribution in [1.82, 2.24) is 30.1 Å². The van der Waals surface area contributed by atoms with Gasteiger partial charge >= 0.3 is 0 Å². The summed E-state index contributed by atoms with van der Waals surface area (Å²) in [6, 6.07) is 10.9. The number of fused-ring (bicyclic) bond motifs is 2. The fraction of sp³-hybridized carbons (Fsp3) is 0.138. The maximum absolute atomic E-state index is 14.1. The number of benzene rings is 1. The van der Waals surface area contributed by atoms with Crippen molar-refractivity contribution in [1.29, 1.82) is 0 Å². The first-order valence-electron chi connectivity index (χ1n) is 12.4. The molecule has 5 aromatic heterocycles. The second kappa shape index (κ2) is 8.58. The zero-order valence-corrected chi connectivity index (χ0v) is 20.4. The average Bonchev–Trinajstić information content (AvgIpc) is 3.54. The maximum atomic E-state index is 14.1. The van der Waals surface area contributed by atoms with E-state index in [1.807, 2.05) is 31.2 Å². The van der Waals surface area contributed by atoms with Crippen LogP contribution in [0.5, 0.6) is 0 Å². The van der Waals surface area contributed by atoms with Crippen molar-refractivity contribution in [2.75, 3.05) is 5.32 Å². The molecule has 9 heteroatoms. The lowest BCUT2D eigenvalue weighted by atomic mass is 10.0. The van der Waals surface area contributed by atoms with Crippen LogP contribution >= 0.6 is 0 Å². The number of rotatable bonds is 5. The van der Waals surface area contributed by atoms with Crippen LogP contribution in [0, 0.1) is 18.7 Å². The molecule has 1 amide bonds. The highest BCUT2D eigenvalue weighted by Gasteiger charge is 2.29. The minimum Gasteiger partial charge on any atom is -0.352 e. The van der Waals surface area contributed by atoms with Crippen LogP contribution in [0.25, 0.3) is 55.6 Å². The van der Waals surface area contributed by atoms with Crippen LogP contribution in [0.15, 0.2) is 67.4 Å². The molecule has 38 heavy (non-hydrogen) atoms. The third kappa shape index (κ3) is 3.98. The Bertz CT molecular complexity index is 1850. The summed E-state index contributed by atoms with van der Waals surface area (Å²) in [4.78, 5) is 28.9. The van der Waals surface area contributed by atoms with E-state index in [1.165, 1.54) is 12.1 Å². The number of aryl methyl sites for hydroxylation is 1. The molecule has 6 aromatic rings. The van der Waals surface area contributed by atoms with Gasteiger partial charge in [-0.15, -0.1) is 0 Å². The van der Waals surface area contributed by atoms with Crippen molar-refractivity contribution in [2.24, 2.45) is 5.92 Å². The SMILES string of the molecule is Cc1cc(F)cc(-c2cncc3[nH]c(-c4n[nH]c5ncc(-c6cncc(NC(=O)C7CC7)c6)cc45)cc23)c1. The largest absolute Gasteiger partial charge is 0.352 e. The molecule has 8 nitrogen and oxygen atoms in total. The second-order valence-corrected chi connectivity index (χ2v) is 9.77. The van der Waals surface area contributed by atoms with Gasteiger partial charge in [-0.1, -0.05) is 6.07 Å². The lowest BCUT2D eigenvalue weighted by molar-refractivity contribution is -0.117. The first-order chi connectivity index (χ1) is 18.5. The Labute approximate surface area is 216 Å². The van der Waals surface area contributed by atoms with Crippen molar-refractivity contribution in [3.8, 4) is 33.6 Å². The Hall–Kier alpha value is -4.92. The van der Waals surface area contributed by atoms with Crippen molar-refractivity contribution in [3.63, 3.8) is 0 Å². The molecule has 0 spiro atoms. The van der Waals surface area contributed by atoms with E-state index in [0.717, 1.165) is 62.6 Å². The number of nitrogens with one attached hydrogen (secondary N) is 3. The number of amides is 1. The van der Waals surface area contributed by atoms with E-state index in [9.17, 15) is 9.18 Å². The predicted molar refractivity (Wildman–Crippen MR) is 144 cm³/mol. The van der Waals surface area contributed by atoms with Crippen LogP contribution in [-0.2, 0) is 4.79 Å². The monoisotopic (exact) mass is 503 g/mol. The summed E-state index contributed by atoms with van der Waals surface area (Å²) in [7, 11) is 0. The third-order valence-electron chi connectivity index (χ3n) is 6.86. The molecule has 0 radical (unpaired) electrons. The number of aromatic amines is 2. The fourth-order valence-corrected chi connectivity index (χ4v) is 4.82. The Morgan fingerprint density at radius 1 is 0.921 bits per heavy atom. The number of hydrogen-bond donors (Lipinski definition) is 3. The maximum Gasteiger partial charge on any atom is 0.227 e. The molecule has 7 rings (SSSR count). The number of hydrogen-bond acceptors (Lipinski definition) is 5. The summed E-state index contributed by atoms with van der Waals surface area (Å²) >= 11 is 0. The number of H-pyrrole nitrogens is 2. The van der Waals surface area contributed by atoms with Gasteiger partial charge in [0.1, 0.15) is 11.5 Å². The van der Waals surface area contributed by atoms with Crippen molar-refractivity contribution in [3.05, 3.63) is 78.8 Å². The van der Waals surface area contributed by atoms with Gasteiger partial charge in [0.25, 0.3) is 0 Å². The topological polar surface area (TPSA) is 112 Å². The Balaban J connectivity index is 1.29. The first kappa shape index (κ1) is 22.3. The van der Waals surface area contributed by atoms with Gasteiger partial charge in [-0.05, 0) is 61.2 Å². The van der Waals surface area contributed by atoms with E-state index in [4.69, 9.17) is 0 Å². The smallest absolute Gasteiger partial charge is 0.227 e. The Morgan fingerprint density at radius 2 is 1.76 bits per heavy atom. The Kier molecular flexibility index (Phi) is 5.04. The van der Waals surface area contributed by atoms with Crippen LogP contribution < -0.4 is 5.32 Å². The fourth-order valence-electron chi connectivity index (χ4n) is 4.82. The molecule has 1 saturated carbocycles. The number of nitrogens with zero attached hydrogens (tertiary/aromatic N) is 4. The molecule has 1 aliphatic carbocycles. The highest BCUT2D eigenvalue weighted by Crippen LogP contribution is 2.35. The van der Waals surface area contributed by atoms with E-state index in [2.05, 4.69) is 35.5 Å². The van der Waals surface area contributed by atoms with Crippen LogP contribution in [0.3, 0.4) is 0 Å². The summed E-state index contributed by atoms with van der Waals surface area (Å²) in [5.41, 5.74) is 7.76. The van der Waals surface area contributed by atoms with E-state index < -0.39 is 0 Å². The zero-order valence-electron chi connectivity index (χ0n) is 20.4. The van der Waals surface area contributed by atoms with Crippen LogP contribution in [0.1, 0.15) is 18.4 Å². The minimum absolute atomic E-state index is 0.0377. The molecule has 0 aliphatic heterocycles. The second-order valence-electron chi connectivity index (χ2n) is 9.77. The normalized spacial score (nSPS) is 13.3. The number of anilines is 1. The number of halogens is 1. The molecule has 3 N–H and O–H groups in total. The van der Waals surface area contributed by atoms with Crippen LogP contribution in [0.4, 0.5) is 10.1 Å². The van der Waals surface area contributed by atoms with Gasteiger partial charge in [-0.3, -0.25) is 19.9 Å². The molecule has 0 atom stereocenters. The molecule has 0 saturated heterocycles. The van der Waals surface area contributed by atoms with E-state index >= 15 is 0 Å². The van der Waals surface area contributed by atoms with Gasteiger partial charge in [-0.2, -0.15) is 5.10 Å². The third-order valence-corrected chi connectivity index (χ3v) is 6.86. The van der Waals surface area contributed by atoms with Gasteiger partial charge in [0.05, 0.1) is 29.3 Å². The molecule has 1 fully saturated rings. The lowest BCUT2D eigenvalue weighted by Gasteiger charge is -2.07. The van der Waals surface area contributed by atoms with Crippen molar-refractivity contribution < 1.29 is 9.18 Å². The molecular formula is C29H22FN7O. The average molecular weight is 504 g/mol. The van der Waals surface area contributed by atoms with E-state index in [0.29, 0.717) is 17.0 Å². The lowest BCUT2D eigenvalue weighted by Crippen LogP contribution is -2.13. The van der Waals surface area contributed by atoms with Crippen LogP contribution in [-0.4, -0.2) is 36.0 Å². The number of carbonyl (C=O) groups is 1. The molecular weight excluding hydrogens is 481 g/mol. The predicted octanol–water partition coefficient (Wildman–Crippen LogP) is 6.03. The highest BCUT2D eigenvalue weighted by atomic mass is 19.1. The van der Waals surface area contributed by atoms with Crippen molar-refractivity contribution >= 4 is 33.5 Å². The standard InChI is InChI=1S/C29H22FN7O/c1-15-4-17(6-20(30)5-15)24-13-32-14-26-22(24)9-25(35-26)27-23-8-19(11-33-28(23)37-36-27)18-7-21(12-31-10-18)34-29(38)16-2-3-16/h4-14,16,35H,2-3H2,1H3,(H,34,38)(H,33,36,37). The molecule has 186 valence electrons. The molecule has 0 unspecified atom stereocenters. The number of aromatic nitrogens is 6. The summed E-state index contributed by atoms with van der Waals surface area (Å²) in [5, 5.41) is 12.2. The molecule has 0 bridgehead atoms. The Morgan fingerprint density at radius 3 is 2.61 bits per heavy atom. The zero-order chi connectivity index (χ0) is 25.8. The summed E-state index contributed by atoms with van der Waals surface area (Å²) in [6.07, 6.45) is 10.5. The van der Waals surface area contributed by atoms with Crippen LogP contribution in [0.2, 0.25) is 0 Å². The van der Waals surface area contributed by atoms with Gasteiger partial charge in [-0.25, -0.2) is 9.37 Å². The highest BCUT2D eigenvalue weighted by molar-refractivity contribution is 6.01. The van der Waals surface area contributed by atoms with E-state index in [1.54, 1.807) is 31.0 Å². The summed E-state index contributed by atoms with van der Waals surface area (Å²) in [5.74, 6) is -0.131. The van der Waals surface area contributed by atoms with Gasteiger partial charge in [0.2, 0.25) is 5.91 Å². The summed E-state index contributed by atoms with van der Waals surface area (Å²) in [6.45, 7) is 1.87. The number of carbonyl (C=O) groups excluding carboxylic acids is 1. The molecule has 1 aliphatic rings. The van der Waals surface area contributed by atoms with Crippen molar-refractivity contribution in [2.45, 2.75) is 19.8 Å². The van der Waals surface area contributed by atoms with Gasteiger partial charge in [0.15, 0.2) is 5.65 Å². The molecule has 5 heterocycles. The quantitative estimate of drug-likeness (QED) is 0.266. The summed E-state index contributed by atoms with van der Waals surface area (Å²) < 4.78 is 14.1. The number of pyridine rings is 3. The first-order valence-corrected chi connectivity index (χ1v) is 12.4.